The van der Waals surface area contributed by atoms with Crippen molar-refractivity contribution in [2.45, 2.75) is 17.9 Å². The highest BCUT2D eigenvalue weighted by molar-refractivity contribution is 7.89. The molecule has 176 valence electrons. The molecule has 7 nitrogen and oxygen atoms in total. The number of nitrogens with one attached hydrogen (secondary N) is 1. The van der Waals surface area contributed by atoms with Gasteiger partial charge in [-0.05, 0) is 54.1 Å². The lowest BCUT2D eigenvalue weighted by Crippen LogP contribution is -2.28. The van der Waals surface area contributed by atoms with Gasteiger partial charge >= 0.3 is 0 Å². The normalized spacial score (nSPS) is 16.1. The number of anilines is 2. The lowest BCUT2D eigenvalue weighted by atomic mass is 10.1. The van der Waals surface area contributed by atoms with Crippen LogP contribution in [0.1, 0.15) is 12.0 Å². The van der Waals surface area contributed by atoms with Crippen LogP contribution in [-0.4, -0.2) is 38.1 Å². The first kappa shape index (κ1) is 23.6. The van der Waals surface area contributed by atoms with Gasteiger partial charge < -0.3 is 10.2 Å². The molecule has 0 aliphatic carbocycles. The molecule has 9 heteroatoms. The number of nitrogens with zero attached hydrogens (tertiary/aromatic N) is 2. The third-order valence-electron chi connectivity index (χ3n) is 5.71. The maximum Gasteiger partial charge on any atom is 0.243 e. The van der Waals surface area contributed by atoms with Gasteiger partial charge in [-0.15, -0.1) is 0 Å². The summed E-state index contributed by atoms with van der Waals surface area (Å²) in [4.78, 5) is 26.6. The van der Waals surface area contributed by atoms with Crippen LogP contribution in [0.5, 0.6) is 0 Å². The number of sulfonamides is 1. The summed E-state index contributed by atoms with van der Waals surface area (Å²) in [6.07, 6.45) is 0.0416. The molecule has 1 aliphatic rings. The number of carbonyl (C=O) groups excluding carboxylic acids is 2. The number of halogens is 1. The zero-order valence-corrected chi connectivity index (χ0v) is 19.3. The second-order valence-electron chi connectivity index (χ2n) is 8.14. The Labute approximate surface area is 197 Å². The van der Waals surface area contributed by atoms with Gasteiger partial charge in [-0.1, -0.05) is 30.3 Å². The van der Waals surface area contributed by atoms with Crippen molar-refractivity contribution < 1.29 is 22.4 Å². The lowest BCUT2D eigenvalue weighted by Gasteiger charge is -2.18. The molecule has 4 rings (SSSR count). The van der Waals surface area contributed by atoms with Gasteiger partial charge in [0.05, 0.1) is 10.8 Å². The first-order valence-electron chi connectivity index (χ1n) is 10.7. The van der Waals surface area contributed by atoms with E-state index in [1.54, 1.807) is 0 Å². The summed E-state index contributed by atoms with van der Waals surface area (Å²) in [6.45, 7) is 0.426. The van der Waals surface area contributed by atoms with Gasteiger partial charge in [0.1, 0.15) is 5.82 Å². The maximum absolute atomic E-state index is 13.2. The Morgan fingerprint density at radius 1 is 1.03 bits per heavy atom. The molecule has 1 heterocycles. The molecule has 1 fully saturated rings. The van der Waals surface area contributed by atoms with E-state index in [0.29, 0.717) is 11.4 Å². The molecule has 3 aromatic carbocycles. The molecule has 34 heavy (non-hydrogen) atoms. The molecule has 0 bridgehead atoms. The molecular formula is C25H24FN3O4S. The van der Waals surface area contributed by atoms with E-state index in [4.69, 9.17) is 0 Å². The van der Waals surface area contributed by atoms with Gasteiger partial charge in [0.25, 0.3) is 0 Å². The van der Waals surface area contributed by atoms with Gasteiger partial charge in [0, 0.05) is 37.9 Å². The molecule has 1 aliphatic heterocycles. The first-order chi connectivity index (χ1) is 16.2. The average molecular weight is 482 g/mol. The molecule has 0 saturated carbocycles. The van der Waals surface area contributed by atoms with E-state index in [1.807, 2.05) is 30.3 Å². The number of benzene rings is 3. The summed E-state index contributed by atoms with van der Waals surface area (Å²) in [5, 5.41) is 2.75. The van der Waals surface area contributed by atoms with E-state index in [9.17, 15) is 22.4 Å². The Balaban J connectivity index is 1.39. The van der Waals surface area contributed by atoms with Crippen molar-refractivity contribution in [3.63, 3.8) is 0 Å². The molecule has 1 unspecified atom stereocenters. The molecule has 2 amide bonds. The summed E-state index contributed by atoms with van der Waals surface area (Å²) >= 11 is 0. The second-order valence-corrected chi connectivity index (χ2v) is 10.2. The SMILES string of the molecule is CN(Cc1ccccc1)S(=O)(=O)c1ccc(NC(=O)C2CC(=O)N(c3ccc(F)cc3)C2)cc1. The minimum Gasteiger partial charge on any atom is -0.326 e. The molecule has 1 N–H and O–H groups in total. The van der Waals surface area contributed by atoms with Crippen LogP contribution in [0.3, 0.4) is 0 Å². The Morgan fingerprint density at radius 2 is 1.68 bits per heavy atom. The Kier molecular flexibility index (Phi) is 6.76. The molecule has 1 saturated heterocycles. The molecular weight excluding hydrogens is 457 g/mol. The van der Waals surface area contributed by atoms with Crippen LogP contribution in [0.2, 0.25) is 0 Å². The monoisotopic (exact) mass is 481 g/mol. The minimum absolute atomic E-state index is 0.0416. The number of rotatable bonds is 7. The third-order valence-corrected chi connectivity index (χ3v) is 7.53. The van der Waals surface area contributed by atoms with E-state index in [1.165, 1.54) is 64.8 Å². The molecule has 1 atom stereocenters. The zero-order chi connectivity index (χ0) is 24.3. The standard InChI is InChI=1S/C25H24FN3O4S/c1-28(16-18-5-3-2-4-6-18)34(32,33)23-13-9-21(10-14-23)27-25(31)19-15-24(30)29(17-19)22-11-7-20(26)8-12-22/h2-14,19H,15-17H2,1H3,(H,27,31). The predicted octanol–water partition coefficient (Wildman–Crippen LogP) is 3.64. The van der Waals surface area contributed by atoms with Gasteiger partial charge in [0.2, 0.25) is 21.8 Å². The van der Waals surface area contributed by atoms with Crippen LogP contribution < -0.4 is 10.2 Å². The third kappa shape index (κ3) is 5.16. The van der Waals surface area contributed by atoms with Crippen LogP contribution >= 0.6 is 0 Å². The number of hydrogen-bond donors (Lipinski definition) is 1. The van der Waals surface area contributed by atoms with Crippen molar-refractivity contribution in [3.8, 4) is 0 Å². The lowest BCUT2D eigenvalue weighted by molar-refractivity contribution is -0.122. The van der Waals surface area contributed by atoms with Crippen LogP contribution in [0.15, 0.2) is 83.8 Å². The zero-order valence-electron chi connectivity index (χ0n) is 18.5. The van der Waals surface area contributed by atoms with E-state index in [0.717, 1.165) is 5.56 Å². The molecule has 0 radical (unpaired) electrons. The molecule has 3 aromatic rings. The van der Waals surface area contributed by atoms with Crippen LogP contribution in [-0.2, 0) is 26.2 Å². The quantitative estimate of drug-likeness (QED) is 0.558. The van der Waals surface area contributed by atoms with Gasteiger partial charge in [-0.3, -0.25) is 9.59 Å². The summed E-state index contributed by atoms with van der Waals surface area (Å²) < 4.78 is 40.2. The van der Waals surface area contributed by atoms with Gasteiger partial charge in [-0.2, -0.15) is 4.31 Å². The Hall–Kier alpha value is -3.56. The highest BCUT2D eigenvalue weighted by Gasteiger charge is 2.35. The first-order valence-corrected chi connectivity index (χ1v) is 12.1. The summed E-state index contributed by atoms with van der Waals surface area (Å²) in [6, 6.07) is 20.8. The van der Waals surface area contributed by atoms with Crippen LogP contribution in [0, 0.1) is 11.7 Å². The average Bonchev–Trinajstić information content (AvgIpc) is 3.22. The predicted molar refractivity (Wildman–Crippen MR) is 127 cm³/mol. The fraction of sp³-hybridized carbons (Fsp3) is 0.200. The Bertz CT molecular complexity index is 1280. The number of amides is 2. The van der Waals surface area contributed by atoms with Crippen molar-refractivity contribution in [1.29, 1.82) is 0 Å². The fourth-order valence-electron chi connectivity index (χ4n) is 3.81. The van der Waals surface area contributed by atoms with E-state index in [-0.39, 0.29) is 36.2 Å². The smallest absolute Gasteiger partial charge is 0.243 e. The minimum atomic E-state index is -3.70. The number of hydrogen-bond acceptors (Lipinski definition) is 4. The fourth-order valence-corrected chi connectivity index (χ4v) is 4.97. The van der Waals surface area contributed by atoms with E-state index >= 15 is 0 Å². The van der Waals surface area contributed by atoms with Crippen molar-refractivity contribution in [3.05, 3.63) is 90.2 Å². The summed E-state index contributed by atoms with van der Waals surface area (Å²) in [5.74, 6) is -1.52. The number of carbonyl (C=O) groups is 2. The van der Waals surface area contributed by atoms with Crippen molar-refractivity contribution >= 4 is 33.2 Å². The topological polar surface area (TPSA) is 86.8 Å². The largest absolute Gasteiger partial charge is 0.326 e. The van der Waals surface area contributed by atoms with Crippen molar-refractivity contribution in [1.82, 2.24) is 4.31 Å². The second kappa shape index (κ2) is 9.74. The van der Waals surface area contributed by atoms with Gasteiger partial charge in [0.15, 0.2) is 0 Å². The molecule has 0 aromatic heterocycles. The van der Waals surface area contributed by atoms with E-state index in [2.05, 4.69) is 5.32 Å². The van der Waals surface area contributed by atoms with E-state index < -0.39 is 21.8 Å². The summed E-state index contributed by atoms with van der Waals surface area (Å²) in [7, 11) is -2.19. The van der Waals surface area contributed by atoms with Crippen molar-refractivity contribution in [2.75, 3.05) is 23.8 Å². The van der Waals surface area contributed by atoms with Gasteiger partial charge in [-0.25, -0.2) is 12.8 Å². The van der Waals surface area contributed by atoms with Crippen LogP contribution in [0.4, 0.5) is 15.8 Å². The maximum atomic E-state index is 13.2. The molecule has 0 spiro atoms. The van der Waals surface area contributed by atoms with Crippen molar-refractivity contribution in [2.24, 2.45) is 5.92 Å². The Morgan fingerprint density at radius 3 is 2.32 bits per heavy atom. The highest BCUT2D eigenvalue weighted by Crippen LogP contribution is 2.27. The van der Waals surface area contributed by atoms with Crippen LogP contribution in [0.25, 0.3) is 0 Å². The summed E-state index contributed by atoms with van der Waals surface area (Å²) in [5.41, 5.74) is 1.84. The highest BCUT2D eigenvalue weighted by atomic mass is 32.2.